The van der Waals surface area contributed by atoms with Crippen LogP contribution >= 0.6 is 34.7 Å². The summed E-state index contributed by atoms with van der Waals surface area (Å²) in [6, 6.07) is 7.49. The quantitative estimate of drug-likeness (QED) is 0.818. The zero-order chi connectivity index (χ0) is 15.2. The van der Waals surface area contributed by atoms with Crippen molar-refractivity contribution < 1.29 is 4.79 Å². The van der Waals surface area contributed by atoms with Gasteiger partial charge < -0.3 is 10.2 Å². The molecular formula is C13H15ClN4OS2. The monoisotopic (exact) mass is 342 g/mol. The summed E-state index contributed by atoms with van der Waals surface area (Å²) in [4.78, 5) is 13.8. The second-order valence-electron chi connectivity index (χ2n) is 4.29. The maximum atomic E-state index is 12.1. The van der Waals surface area contributed by atoms with E-state index in [0.29, 0.717) is 17.3 Å². The Morgan fingerprint density at radius 2 is 2.10 bits per heavy atom. The molecular weight excluding hydrogens is 328 g/mol. The molecule has 0 saturated carbocycles. The van der Waals surface area contributed by atoms with Crippen LogP contribution in [0.2, 0.25) is 5.02 Å². The van der Waals surface area contributed by atoms with Gasteiger partial charge in [0, 0.05) is 25.7 Å². The van der Waals surface area contributed by atoms with E-state index in [1.807, 2.05) is 24.3 Å². The van der Waals surface area contributed by atoms with Gasteiger partial charge in [0.05, 0.1) is 5.75 Å². The van der Waals surface area contributed by atoms with Crippen LogP contribution in [-0.4, -0.2) is 40.9 Å². The number of thioether (sulfide) groups is 1. The van der Waals surface area contributed by atoms with E-state index in [1.165, 1.54) is 23.1 Å². The first-order valence-electron chi connectivity index (χ1n) is 6.21. The van der Waals surface area contributed by atoms with Crippen molar-refractivity contribution in [2.75, 3.05) is 25.2 Å². The van der Waals surface area contributed by atoms with Crippen LogP contribution in [0.25, 0.3) is 0 Å². The average Bonchev–Trinajstić information content (AvgIpc) is 2.95. The number of aromatic nitrogens is 2. The fraction of sp³-hybridized carbons (Fsp3) is 0.308. The number of nitrogens with zero attached hydrogens (tertiary/aromatic N) is 3. The summed E-state index contributed by atoms with van der Waals surface area (Å²) in [5.74, 6) is 0.402. The molecule has 0 fully saturated rings. The van der Waals surface area contributed by atoms with Crippen LogP contribution < -0.4 is 5.32 Å². The fourth-order valence-corrected chi connectivity index (χ4v) is 3.33. The normalized spacial score (nSPS) is 10.4. The van der Waals surface area contributed by atoms with Crippen molar-refractivity contribution in [3.63, 3.8) is 0 Å². The standard InChI is InChI=1S/C13H15ClN4OS2/c1-15-12-16-17-13(21-12)20-8-11(19)18(2)7-9-3-5-10(14)6-4-9/h3-6H,7-8H2,1-2H3,(H,15,16). The van der Waals surface area contributed by atoms with Crippen molar-refractivity contribution in [2.24, 2.45) is 0 Å². The largest absolute Gasteiger partial charge is 0.363 e. The minimum absolute atomic E-state index is 0.0520. The van der Waals surface area contributed by atoms with Crippen LogP contribution in [0.4, 0.5) is 5.13 Å². The Labute approximate surface area is 136 Å². The molecule has 1 heterocycles. The third kappa shape index (κ3) is 4.87. The van der Waals surface area contributed by atoms with Gasteiger partial charge in [-0.15, -0.1) is 10.2 Å². The first-order chi connectivity index (χ1) is 10.1. The number of amides is 1. The number of hydrogen-bond donors (Lipinski definition) is 1. The molecule has 0 bridgehead atoms. The summed E-state index contributed by atoms with van der Waals surface area (Å²) in [6.07, 6.45) is 0. The van der Waals surface area contributed by atoms with Gasteiger partial charge >= 0.3 is 0 Å². The van der Waals surface area contributed by atoms with Crippen molar-refractivity contribution in [1.29, 1.82) is 0 Å². The Balaban J connectivity index is 1.83. The zero-order valence-electron chi connectivity index (χ0n) is 11.7. The summed E-state index contributed by atoms with van der Waals surface area (Å²) in [5.41, 5.74) is 1.05. The molecule has 21 heavy (non-hydrogen) atoms. The smallest absolute Gasteiger partial charge is 0.233 e. The molecule has 0 unspecified atom stereocenters. The lowest BCUT2D eigenvalue weighted by Crippen LogP contribution is -2.27. The van der Waals surface area contributed by atoms with Gasteiger partial charge in [0.2, 0.25) is 11.0 Å². The van der Waals surface area contributed by atoms with E-state index in [2.05, 4.69) is 15.5 Å². The van der Waals surface area contributed by atoms with E-state index in [4.69, 9.17) is 11.6 Å². The molecule has 1 aromatic heterocycles. The minimum atomic E-state index is 0.0520. The molecule has 2 aromatic rings. The molecule has 2 rings (SSSR count). The third-order valence-corrected chi connectivity index (χ3v) is 5.01. The Morgan fingerprint density at radius 1 is 1.38 bits per heavy atom. The molecule has 1 N–H and O–H groups in total. The van der Waals surface area contributed by atoms with Gasteiger partial charge in [-0.25, -0.2) is 0 Å². The molecule has 0 saturated heterocycles. The van der Waals surface area contributed by atoms with E-state index >= 15 is 0 Å². The number of anilines is 1. The number of hydrogen-bond acceptors (Lipinski definition) is 6. The lowest BCUT2D eigenvalue weighted by atomic mass is 10.2. The van der Waals surface area contributed by atoms with Crippen molar-refractivity contribution in [3.05, 3.63) is 34.9 Å². The summed E-state index contributed by atoms with van der Waals surface area (Å²) in [5, 5.41) is 12.3. The molecule has 0 radical (unpaired) electrons. The van der Waals surface area contributed by atoms with Gasteiger partial charge in [0.25, 0.3) is 0 Å². The van der Waals surface area contributed by atoms with E-state index in [1.54, 1.807) is 19.0 Å². The topological polar surface area (TPSA) is 58.1 Å². The third-order valence-electron chi connectivity index (χ3n) is 2.70. The van der Waals surface area contributed by atoms with Crippen molar-refractivity contribution in [1.82, 2.24) is 15.1 Å². The van der Waals surface area contributed by atoms with Crippen LogP contribution in [0, 0.1) is 0 Å². The van der Waals surface area contributed by atoms with Crippen LogP contribution in [0.15, 0.2) is 28.6 Å². The Hall–Kier alpha value is -1.31. The van der Waals surface area contributed by atoms with Gasteiger partial charge in [-0.1, -0.05) is 46.8 Å². The van der Waals surface area contributed by atoms with E-state index in [9.17, 15) is 4.79 Å². The Bertz CT molecular complexity index is 602. The van der Waals surface area contributed by atoms with Gasteiger partial charge in [0.1, 0.15) is 0 Å². The highest BCUT2D eigenvalue weighted by molar-refractivity contribution is 8.01. The number of carbonyl (C=O) groups is 1. The summed E-state index contributed by atoms with van der Waals surface area (Å²) < 4.78 is 0.785. The first kappa shape index (κ1) is 16.1. The number of rotatable bonds is 6. The number of benzene rings is 1. The molecule has 0 aliphatic heterocycles. The van der Waals surface area contributed by atoms with Crippen LogP contribution in [0.5, 0.6) is 0 Å². The van der Waals surface area contributed by atoms with Gasteiger partial charge in [-0.05, 0) is 17.7 Å². The molecule has 8 heteroatoms. The number of halogens is 1. The maximum Gasteiger partial charge on any atom is 0.233 e. The molecule has 0 atom stereocenters. The molecule has 112 valence electrons. The summed E-state index contributed by atoms with van der Waals surface area (Å²) in [6.45, 7) is 0.564. The Morgan fingerprint density at radius 3 is 2.71 bits per heavy atom. The lowest BCUT2D eigenvalue weighted by molar-refractivity contribution is -0.127. The van der Waals surface area contributed by atoms with E-state index in [-0.39, 0.29) is 5.91 Å². The number of carbonyl (C=O) groups excluding carboxylic acids is 1. The van der Waals surface area contributed by atoms with Crippen LogP contribution in [-0.2, 0) is 11.3 Å². The second kappa shape index (κ2) is 7.63. The van der Waals surface area contributed by atoms with E-state index in [0.717, 1.165) is 15.0 Å². The lowest BCUT2D eigenvalue weighted by Gasteiger charge is -2.16. The molecule has 5 nitrogen and oxygen atoms in total. The fourth-order valence-electron chi connectivity index (χ4n) is 1.55. The highest BCUT2D eigenvalue weighted by atomic mass is 35.5. The highest BCUT2D eigenvalue weighted by Crippen LogP contribution is 2.25. The zero-order valence-corrected chi connectivity index (χ0v) is 14.1. The SMILES string of the molecule is CNc1nnc(SCC(=O)N(C)Cc2ccc(Cl)cc2)s1. The molecule has 0 spiro atoms. The second-order valence-corrected chi connectivity index (χ2v) is 6.92. The highest BCUT2D eigenvalue weighted by Gasteiger charge is 2.12. The average molecular weight is 343 g/mol. The molecule has 0 aliphatic rings. The van der Waals surface area contributed by atoms with Crippen molar-refractivity contribution >= 4 is 45.7 Å². The van der Waals surface area contributed by atoms with E-state index < -0.39 is 0 Å². The van der Waals surface area contributed by atoms with Gasteiger partial charge in [-0.3, -0.25) is 4.79 Å². The molecule has 1 aromatic carbocycles. The first-order valence-corrected chi connectivity index (χ1v) is 8.39. The van der Waals surface area contributed by atoms with Crippen molar-refractivity contribution in [2.45, 2.75) is 10.9 Å². The van der Waals surface area contributed by atoms with Gasteiger partial charge in [0.15, 0.2) is 4.34 Å². The summed E-state index contributed by atoms with van der Waals surface area (Å²) >= 11 is 8.68. The predicted molar refractivity (Wildman–Crippen MR) is 88.1 cm³/mol. The van der Waals surface area contributed by atoms with Crippen LogP contribution in [0.1, 0.15) is 5.56 Å². The number of nitrogens with one attached hydrogen (secondary N) is 1. The van der Waals surface area contributed by atoms with Crippen molar-refractivity contribution in [3.8, 4) is 0 Å². The predicted octanol–water partition coefficient (Wildman–Crippen LogP) is 2.98. The molecule has 0 aliphatic carbocycles. The maximum absolute atomic E-state index is 12.1. The van der Waals surface area contributed by atoms with Gasteiger partial charge in [-0.2, -0.15) is 0 Å². The van der Waals surface area contributed by atoms with Crippen LogP contribution in [0.3, 0.4) is 0 Å². The minimum Gasteiger partial charge on any atom is -0.363 e. The summed E-state index contributed by atoms with van der Waals surface area (Å²) in [7, 11) is 3.58. The molecule has 1 amide bonds. The Kier molecular flexibility index (Phi) is 5.84.